The fraction of sp³-hybridized carbons (Fsp3) is 0.125. The van der Waals surface area contributed by atoms with Gasteiger partial charge < -0.3 is 0 Å². The summed E-state index contributed by atoms with van der Waals surface area (Å²) in [6.07, 6.45) is 2.72. The van der Waals surface area contributed by atoms with Crippen LogP contribution in [0.3, 0.4) is 0 Å². The molecule has 2 aromatic heterocycles. The predicted octanol–water partition coefficient (Wildman–Crippen LogP) is 2.15. The van der Waals surface area contributed by atoms with Crippen molar-refractivity contribution in [3.63, 3.8) is 0 Å². The summed E-state index contributed by atoms with van der Waals surface area (Å²) in [6, 6.07) is 3.45. The molecule has 0 spiro atoms. The Hall–Kier alpha value is -0.590. The lowest BCUT2D eigenvalue weighted by molar-refractivity contribution is 0.597. The average molecular weight is 310 g/mol. The minimum atomic E-state index is -3.39. The molecule has 4 nitrogen and oxygen atoms in total. The molecule has 0 aliphatic heterocycles. The third-order valence-corrected chi connectivity index (χ3v) is 3.79. The number of hydrogen-bond donors (Lipinski definition) is 0. The fourth-order valence-electron chi connectivity index (χ4n) is 1.30. The molecule has 15 heavy (non-hydrogen) atoms. The molecule has 0 aliphatic carbocycles. The lowest BCUT2D eigenvalue weighted by Crippen LogP contribution is -2.02. The monoisotopic (exact) mass is 308 g/mol. The van der Waals surface area contributed by atoms with Crippen LogP contribution < -0.4 is 0 Å². The van der Waals surface area contributed by atoms with E-state index in [0.29, 0.717) is 5.65 Å². The van der Waals surface area contributed by atoms with Crippen molar-refractivity contribution in [2.24, 2.45) is 0 Å². The van der Waals surface area contributed by atoms with Gasteiger partial charge in [-0.15, -0.1) is 0 Å². The zero-order valence-electron chi connectivity index (χ0n) is 7.61. The summed E-state index contributed by atoms with van der Waals surface area (Å²) >= 11 is 9.03. The standard InChI is InChI=1S/C8H6BrClN2O2S/c1-15(13,14)8-7(10)11-6-3-2-5(9)4-12(6)8/h2-4H,1H3. The number of rotatable bonds is 1. The Bertz CT molecular complexity index is 635. The van der Waals surface area contributed by atoms with Crippen LogP contribution in [0, 0.1) is 0 Å². The molecular weight excluding hydrogens is 304 g/mol. The largest absolute Gasteiger partial charge is 0.288 e. The molecule has 2 rings (SSSR count). The summed E-state index contributed by atoms with van der Waals surface area (Å²) in [7, 11) is -3.39. The zero-order chi connectivity index (χ0) is 11.2. The molecule has 0 atom stereocenters. The summed E-state index contributed by atoms with van der Waals surface area (Å²) in [4.78, 5) is 3.95. The highest BCUT2D eigenvalue weighted by Crippen LogP contribution is 2.24. The normalized spacial score (nSPS) is 12.2. The van der Waals surface area contributed by atoms with Crippen LogP contribution in [0.2, 0.25) is 5.15 Å². The molecule has 0 aliphatic rings. The SMILES string of the molecule is CS(=O)(=O)c1c(Cl)nc2ccc(Br)cn12. The van der Waals surface area contributed by atoms with Gasteiger partial charge in [0.2, 0.25) is 0 Å². The average Bonchev–Trinajstić information content (AvgIpc) is 2.38. The Labute approximate surface area is 99.9 Å². The van der Waals surface area contributed by atoms with Crippen molar-refractivity contribution >= 4 is 43.0 Å². The first-order valence-electron chi connectivity index (χ1n) is 3.93. The molecule has 7 heteroatoms. The van der Waals surface area contributed by atoms with Crippen LogP contribution in [0.1, 0.15) is 0 Å². The van der Waals surface area contributed by atoms with Crippen molar-refractivity contribution in [3.05, 3.63) is 28.0 Å². The molecule has 80 valence electrons. The minimum absolute atomic E-state index is 0.00407. The van der Waals surface area contributed by atoms with Crippen molar-refractivity contribution < 1.29 is 8.42 Å². The van der Waals surface area contributed by atoms with Gasteiger partial charge in [0.1, 0.15) is 5.65 Å². The van der Waals surface area contributed by atoms with Gasteiger partial charge in [0, 0.05) is 16.9 Å². The van der Waals surface area contributed by atoms with Crippen LogP contribution in [0.5, 0.6) is 0 Å². The Kier molecular flexibility index (Phi) is 2.52. The zero-order valence-corrected chi connectivity index (χ0v) is 10.8. The van der Waals surface area contributed by atoms with E-state index in [9.17, 15) is 8.42 Å². The number of nitrogens with zero attached hydrogens (tertiary/aromatic N) is 2. The lowest BCUT2D eigenvalue weighted by Gasteiger charge is -1.99. The molecule has 0 fully saturated rings. The van der Waals surface area contributed by atoms with E-state index in [1.807, 2.05) is 0 Å². The van der Waals surface area contributed by atoms with E-state index in [1.54, 1.807) is 18.3 Å². The van der Waals surface area contributed by atoms with Gasteiger partial charge >= 0.3 is 0 Å². The molecule has 0 saturated carbocycles. The van der Waals surface area contributed by atoms with Gasteiger partial charge in [-0.05, 0) is 28.1 Å². The second kappa shape index (κ2) is 3.47. The van der Waals surface area contributed by atoms with Gasteiger partial charge in [0.25, 0.3) is 0 Å². The molecule has 0 radical (unpaired) electrons. The Morgan fingerprint density at radius 3 is 2.73 bits per heavy atom. The van der Waals surface area contributed by atoms with Crippen molar-refractivity contribution in [2.75, 3.05) is 6.26 Å². The highest BCUT2D eigenvalue weighted by molar-refractivity contribution is 9.10. The first kappa shape index (κ1) is 10.9. The van der Waals surface area contributed by atoms with E-state index in [0.717, 1.165) is 10.7 Å². The second-order valence-electron chi connectivity index (χ2n) is 3.06. The predicted molar refractivity (Wildman–Crippen MR) is 61.0 cm³/mol. The van der Waals surface area contributed by atoms with Gasteiger partial charge in [0.05, 0.1) is 0 Å². The van der Waals surface area contributed by atoms with Crippen molar-refractivity contribution in [3.8, 4) is 0 Å². The van der Waals surface area contributed by atoms with Gasteiger partial charge in [-0.25, -0.2) is 13.4 Å². The topological polar surface area (TPSA) is 51.4 Å². The summed E-state index contributed by atoms with van der Waals surface area (Å²) in [5.41, 5.74) is 0.503. The van der Waals surface area contributed by atoms with Gasteiger partial charge in [0.15, 0.2) is 20.0 Å². The maximum atomic E-state index is 11.5. The molecule has 0 aromatic carbocycles. The van der Waals surface area contributed by atoms with E-state index in [-0.39, 0.29) is 10.2 Å². The van der Waals surface area contributed by atoms with Gasteiger partial charge in [-0.1, -0.05) is 11.6 Å². The number of aromatic nitrogens is 2. The fourth-order valence-corrected chi connectivity index (χ4v) is 3.09. The number of imidazole rings is 1. The molecular formula is C8H6BrClN2O2S. The Morgan fingerprint density at radius 2 is 2.13 bits per heavy atom. The van der Waals surface area contributed by atoms with Gasteiger partial charge in [-0.3, -0.25) is 4.40 Å². The molecule has 0 N–H and O–H groups in total. The maximum Gasteiger partial charge on any atom is 0.194 e. The van der Waals surface area contributed by atoms with Crippen molar-refractivity contribution in [2.45, 2.75) is 5.03 Å². The van der Waals surface area contributed by atoms with E-state index in [2.05, 4.69) is 20.9 Å². The van der Waals surface area contributed by atoms with Crippen LogP contribution in [-0.2, 0) is 9.84 Å². The molecule has 0 saturated heterocycles. The summed E-state index contributed by atoms with van der Waals surface area (Å²) in [5, 5.41) is 0.0102. The van der Waals surface area contributed by atoms with E-state index >= 15 is 0 Å². The number of halogens is 2. The molecule has 0 bridgehead atoms. The molecule has 0 amide bonds. The minimum Gasteiger partial charge on any atom is -0.288 e. The number of hydrogen-bond acceptors (Lipinski definition) is 3. The van der Waals surface area contributed by atoms with Crippen LogP contribution in [0.15, 0.2) is 27.8 Å². The number of fused-ring (bicyclic) bond motifs is 1. The molecule has 2 aromatic rings. The van der Waals surface area contributed by atoms with Crippen molar-refractivity contribution in [1.29, 1.82) is 0 Å². The number of pyridine rings is 1. The highest BCUT2D eigenvalue weighted by Gasteiger charge is 2.19. The number of sulfone groups is 1. The second-order valence-corrected chi connectivity index (χ2v) is 6.26. The first-order valence-corrected chi connectivity index (χ1v) is 6.99. The summed E-state index contributed by atoms with van der Waals surface area (Å²) in [5.74, 6) is 0. The van der Waals surface area contributed by atoms with Crippen LogP contribution in [-0.4, -0.2) is 24.1 Å². The van der Waals surface area contributed by atoms with Crippen LogP contribution in [0.25, 0.3) is 5.65 Å². The third-order valence-electron chi connectivity index (χ3n) is 1.85. The maximum absolute atomic E-state index is 11.5. The van der Waals surface area contributed by atoms with Crippen LogP contribution >= 0.6 is 27.5 Å². The van der Waals surface area contributed by atoms with E-state index < -0.39 is 9.84 Å². The Morgan fingerprint density at radius 1 is 1.47 bits per heavy atom. The first-order chi connectivity index (χ1) is 6.89. The summed E-state index contributed by atoms with van der Waals surface area (Å²) < 4.78 is 25.2. The summed E-state index contributed by atoms with van der Waals surface area (Å²) in [6.45, 7) is 0. The van der Waals surface area contributed by atoms with Crippen LogP contribution in [0.4, 0.5) is 0 Å². The van der Waals surface area contributed by atoms with Gasteiger partial charge in [-0.2, -0.15) is 0 Å². The Balaban J connectivity index is 2.95. The quantitative estimate of drug-likeness (QED) is 0.811. The highest BCUT2D eigenvalue weighted by atomic mass is 79.9. The van der Waals surface area contributed by atoms with E-state index in [1.165, 1.54) is 4.40 Å². The third kappa shape index (κ3) is 1.89. The van der Waals surface area contributed by atoms with Crippen molar-refractivity contribution in [1.82, 2.24) is 9.38 Å². The molecule has 0 unspecified atom stereocenters. The van der Waals surface area contributed by atoms with E-state index in [4.69, 9.17) is 11.6 Å². The smallest absolute Gasteiger partial charge is 0.194 e. The molecule has 2 heterocycles. The lowest BCUT2D eigenvalue weighted by atomic mass is 10.5.